The normalized spacial score (nSPS) is 14.7. The van der Waals surface area contributed by atoms with Gasteiger partial charge in [-0.1, -0.05) is 29.5 Å². The van der Waals surface area contributed by atoms with Gasteiger partial charge in [0.1, 0.15) is 10.0 Å². The van der Waals surface area contributed by atoms with Crippen molar-refractivity contribution in [2.24, 2.45) is 5.73 Å². The first-order valence-corrected chi connectivity index (χ1v) is 9.81. The van der Waals surface area contributed by atoms with Crippen LogP contribution in [0.15, 0.2) is 30.3 Å². The fourth-order valence-corrected chi connectivity index (χ4v) is 4.28. The number of amides is 2. The van der Waals surface area contributed by atoms with E-state index in [0.29, 0.717) is 41.9 Å². The Morgan fingerprint density at radius 2 is 2.00 bits per heavy atom. The molecule has 0 radical (unpaired) electrons. The lowest BCUT2D eigenvalue weighted by atomic mass is 10.1. The number of nitrogens with zero attached hydrogens (tertiary/aromatic N) is 2. The fraction of sp³-hybridized carbons (Fsp3) is 0.294. The number of ether oxygens (including phenoxy) is 1. The predicted molar refractivity (Wildman–Crippen MR) is 106 cm³/mol. The number of thiophene rings is 1. The smallest absolute Gasteiger partial charge is 0.256 e. The van der Waals surface area contributed by atoms with Crippen LogP contribution in [0.2, 0.25) is 0 Å². The van der Waals surface area contributed by atoms with E-state index in [1.165, 1.54) is 6.07 Å². The summed E-state index contributed by atoms with van der Waals surface area (Å²) in [6.07, 6.45) is 0. The molecule has 0 spiro atoms. The minimum atomic E-state index is -0.678. The first kappa shape index (κ1) is 19.6. The molecule has 1 aromatic carbocycles. The molecule has 1 aromatic heterocycles. The number of nitrogens with two attached hydrogens (primary N) is 1. The molecule has 1 fully saturated rings. The number of hydrogen-bond acceptors (Lipinski definition) is 8. The number of nitrogens with one attached hydrogen (secondary N) is 1. The number of benzene rings is 1. The molecule has 3 rings (SSSR count). The summed E-state index contributed by atoms with van der Waals surface area (Å²) in [5, 5.41) is 13.8. The molecule has 144 valence electrons. The molecule has 0 atom stereocenters. The van der Waals surface area contributed by atoms with Crippen LogP contribution < -0.4 is 15.5 Å². The molecular weight excluding hydrogens is 388 g/mol. The van der Waals surface area contributed by atoms with Gasteiger partial charge in [-0.15, -0.1) is 0 Å². The van der Waals surface area contributed by atoms with Crippen molar-refractivity contribution in [3.05, 3.63) is 47.0 Å². The second-order valence-electron chi connectivity index (χ2n) is 5.86. The van der Waals surface area contributed by atoms with Crippen molar-refractivity contribution in [2.75, 3.05) is 36.1 Å². The lowest BCUT2D eigenvalue weighted by Crippen LogP contribution is -2.33. The van der Waals surface area contributed by atoms with Crippen molar-refractivity contribution in [1.29, 1.82) is 0 Å². The largest absolute Gasteiger partial charge is 0.379 e. The van der Waals surface area contributed by atoms with E-state index in [4.69, 9.17) is 10.5 Å². The summed E-state index contributed by atoms with van der Waals surface area (Å²) in [5.74, 6) is -1.02. The van der Waals surface area contributed by atoms with Gasteiger partial charge >= 0.3 is 0 Å². The van der Waals surface area contributed by atoms with E-state index < -0.39 is 5.91 Å². The van der Waals surface area contributed by atoms with Gasteiger partial charge in [-0.3, -0.25) is 14.8 Å². The zero-order valence-corrected chi connectivity index (χ0v) is 16.3. The molecule has 2 amide bonds. The standard InChI is InChI=1S/C17H20N4O4S2/c1-11-4-2-3-5-12(11)16(23)19-17-13(15(18)22)10-14(26-17)21(24)27-20-6-8-25-9-7-20/h2-5,10,24H,6-9H2,1H3,(H2,18,22)(H,19,23). The van der Waals surface area contributed by atoms with E-state index in [2.05, 4.69) is 5.32 Å². The minimum Gasteiger partial charge on any atom is -0.379 e. The zero-order valence-electron chi connectivity index (χ0n) is 14.7. The molecule has 0 aliphatic carbocycles. The summed E-state index contributed by atoms with van der Waals surface area (Å²) in [6.45, 7) is 4.36. The number of morpholine rings is 1. The number of carbonyl (C=O) groups is 2. The molecule has 0 bridgehead atoms. The summed E-state index contributed by atoms with van der Waals surface area (Å²) in [4.78, 5) is 24.3. The van der Waals surface area contributed by atoms with E-state index in [1.54, 1.807) is 12.1 Å². The van der Waals surface area contributed by atoms with Gasteiger partial charge in [-0.25, -0.2) is 4.31 Å². The predicted octanol–water partition coefficient (Wildman–Crippen LogP) is 2.50. The van der Waals surface area contributed by atoms with Gasteiger partial charge in [0.2, 0.25) is 0 Å². The number of primary amides is 1. The maximum absolute atomic E-state index is 12.5. The van der Waals surface area contributed by atoms with Crippen molar-refractivity contribution in [3.63, 3.8) is 0 Å². The van der Waals surface area contributed by atoms with Crippen LogP contribution in [0.3, 0.4) is 0 Å². The fourth-order valence-electron chi connectivity index (χ4n) is 2.52. The third-order valence-electron chi connectivity index (χ3n) is 3.95. The lowest BCUT2D eigenvalue weighted by molar-refractivity contribution is 0.0765. The van der Waals surface area contributed by atoms with Gasteiger partial charge in [0, 0.05) is 18.7 Å². The molecule has 10 heteroatoms. The summed E-state index contributed by atoms with van der Waals surface area (Å²) < 4.78 is 8.18. The average Bonchev–Trinajstić information content (AvgIpc) is 3.07. The Labute approximate surface area is 165 Å². The first-order chi connectivity index (χ1) is 13.0. The highest BCUT2D eigenvalue weighted by Crippen LogP contribution is 2.37. The Bertz CT molecular complexity index is 836. The van der Waals surface area contributed by atoms with Crippen LogP contribution in [0.4, 0.5) is 10.0 Å². The van der Waals surface area contributed by atoms with Gasteiger partial charge in [0.15, 0.2) is 0 Å². The molecule has 27 heavy (non-hydrogen) atoms. The molecule has 0 saturated carbocycles. The van der Waals surface area contributed by atoms with Gasteiger partial charge < -0.3 is 15.8 Å². The molecule has 2 heterocycles. The van der Waals surface area contributed by atoms with E-state index in [9.17, 15) is 14.8 Å². The quantitative estimate of drug-likeness (QED) is 0.498. The molecule has 1 aliphatic rings. The Hall–Kier alpha value is -2.11. The summed E-state index contributed by atoms with van der Waals surface area (Å²) >= 11 is 2.19. The monoisotopic (exact) mass is 408 g/mol. The topological polar surface area (TPSA) is 108 Å². The summed E-state index contributed by atoms with van der Waals surface area (Å²) in [6, 6.07) is 8.61. The molecule has 1 aliphatic heterocycles. The van der Waals surface area contributed by atoms with E-state index in [-0.39, 0.29) is 11.5 Å². The van der Waals surface area contributed by atoms with Crippen LogP contribution in [-0.4, -0.2) is 47.6 Å². The van der Waals surface area contributed by atoms with Crippen LogP contribution in [0, 0.1) is 6.92 Å². The van der Waals surface area contributed by atoms with Crippen LogP contribution in [0.5, 0.6) is 0 Å². The van der Waals surface area contributed by atoms with Crippen molar-refractivity contribution in [1.82, 2.24) is 4.31 Å². The van der Waals surface area contributed by atoms with Crippen LogP contribution in [0.1, 0.15) is 26.3 Å². The first-order valence-electron chi connectivity index (χ1n) is 8.26. The highest BCUT2D eigenvalue weighted by Gasteiger charge is 2.22. The molecule has 1 saturated heterocycles. The third kappa shape index (κ3) is 4.79. The Morgan fingerprint density at radius 3 is 2.67 bits per heavy atom. The molecule has 2 aromatic rings. The second kappa shape index (κ2) is 8.72. The minimum absolute atomic E-state index is 0.151. The van der Waals surface area contributed by atoms with Crippen molar-refractivity contribution in [2.45, 2.75) is 6.92 Å². The lowest BCUT2D eigenvalue weighted by Gasteiger charge is -2.27. The van der Waals surface area contributed by atoms with Crippen LogP contribution >= 0.6 is 23.5 Å². The number of hydrogen-bond donors (Lipinski definition) is 3. The highest BCUT2D eigenvalue weighted by atomic mass is 32.2. The van der Waals surface area contributed by atoms with E-state index in [1.807, 2.05) is 23.4 Å². The molecule has 0 unspecified atom stereocenters. The summed E-state index contributed by atoms with van der Waals surface area (Å²) in [7, 11) is 0. The van der Waals surface area contributed by atoms with Gasteiger partial charge in [0.05, 0.1) is 30.9 Å². The van der Waals surface area contributed by atoms with Crippen molar-refractivity contribution >= 4 is 45.3 Å². The molecule has 4 N–H and O–H groups in total. The number of carbonyl (C=O) groups excluding carboxylic acids is 2. The summed E-state index contributed by atoms with van der Waals surface area (Å²) in [5.41, 5.74) is 6.92. The van der Waals surface area contributed by atoms with E-state index >= 15 is 0 Å². The number of rotatable bonds is 6. The Balaban J connectivity index is 1.77. The third-order valence-corrected chi connectivity index (χ3v) is 6.04. The van der Waals surface area contributed by atoms with Crippen molar-refractivity contribution < 1.29 is 19.5 Å². The zero-order chi connectivity index (χ0) is 19.4. The second-order valence-corrected chi connectivity index (χ2v) is 7.91. The average molecular weight is 409 g/mol. The van der Waals surface area contributed by atoms with Gasteiger partial charge in [-0.05, 0) is 24.6 Å². The SMILES string of the molecule is Cc1ccccc1C(=O)Nc1sc(N(O)SN2CCOCC2)cc1C(N)=O. The maximum Gasteiger partial charge on any atom is 0.256 e. The Morgan fingerprint density at radius 1 is 1.30 bits per heavy atom. The van der Waals surface area contributed by atoms with Crippen LogP contribution in [-0.2, 0) is 4.74 Å². The van der Waals surface area contributed by atoms with Gasteiger partial charge in [0.25, 0.3) is 11.8 Å². The maximum atomic E-state index is 12.5. The molecular formula is C17H20N4O4S2. The number of aryl methyl sites for hydroxylation is 1. The Kier molecular flexibility index (Phi) is 6.34. The van der Waals surface area contributed by atoms with Crippen LogP contribution in [0.25, 0.3) is 0 Å². The molecule has 8 nitrogen and oxygen atoms in total. The van der Waals surface area contributed by atoms with Gasteiger partial charge in [-0.2, -0.15) is 4.47 Å². The van der Waals surface area contributed by atoms with E-state index in [0.717, 1.165) is 33.5 Å². The highest BCUT2D eigenvalue weighted by molar-refractivity contribution is 7.98. The number of anilines is 2. The van der Waals surface area contributed by atoms with Crippen molar-refractivity contribution in [3.8, 4) is 0 Å².